The minimum atomic E-state index is 0.673. The molecule has 0 aliphatic heterocycles. The monoisotopic (exact) mass is 343 g/mol. The van der Waals surface area contributed by atoms with Crippen LogP contribution in [0.5, 0.6) is 5.75 Å². The minimum Gasteiger partial charge on any atom is -0.494 e. The van der Waals surface area contributed by atoms with Crippen LogP contribution in [-0.4, -0.2) is 16.6 Å². The van der Waals surface area contributed by atoms with Gasteiger partial charge in [-0.1, -0.05) is 30.3 Å². The molecule has 26 heavy (non-hydrogen) atoms. The van der Waals surface area contributed by atoms with Crippen LogP contribution in [0.25, 0.3) is 22.3 Å². The number of H-pyrrole nitrogens is 1. The van der Waals surface area contributed by atoms with Crippen LogP contribution >= 0.6 is 0 Å². The second-order valence-corrected chi connectivity index (χ2v) is 6.10. The number of hydrogen-bond acceptors (Lipinski definition) is 3. The fourth-order valence-electron chi connectivity index (χ4n) is 3.03. The first-order valence-electron chi connectivity index (χ1n) is 8.82. The Kier molecular flexibility index (Phi) is 4.56. The highest BCUT2D eigenvalue weighted by molar-refractivity contribution is 5.93. The number of benzene rings is 2. The third-order valence-corrected chi connectivity index (χ3v) is 4.33. The number of nitrogens with one attached hydrogen (secondary N) is 2. The second kappa shape index (κ2) is 7.31. The summed E-state index contributed by atoms with van der Waals surface area (Å²) in [7, 11) is 0. The number of aromatic nitrogens is 2. The Hall–Kier alpha value is -3.27. The zero-order chi connectivity index (χ0) is 17.8. The average Bonchev–Trinajstić information content (AvgIpc) is 3.13. The number of ether oxygens (including phenoxy) is 1. The quantitative estimate of drug-likeness (QED) is 0.503. The third-order valence-electron chi connectivity index (χ3n) is 4.33. The SMILES string of the molecule is CCOc1ccc(-c2cc3c(NCc4ccccc4)ccnc3[nH]2)cc1. The Bertz CT molecular complexity index is 991. The van der Waals surface area contributed by atoms with Crippen molar-refractivity contribution in [3.8, 4) is 17.0 Å². The van der Waals surface area contributed by atoms with E-state index in [1.54, 1.807) is 0 Å². The Morgan fingerprint density at radius 1 is 1.00 bits per heavy atom. The van der Waals surface area contributed by atoms with E-state index in [1.165, 1.54) is 5.56 Å². The minimum absolute atomic E-state index is 0.673. The van der Waals surface area contributed by atoms with Crippen molar-refractivity contribution in [2.75, 3.05) is 11.9 Å². The van der Waals surface area contributed by atoms with Gasteiger partial charge in [-0.2, -0.15) is 0 Å². The van der Waals surface area contributed by atoms with Gasteiger partial charge in [-0.05, 0) is 54.4 Å². The van der Waals surface area contributed by atoms with E-state index in [9.17, 15) is 0 Å². The van der Waals surface area contributed by atoms with Gasteiger partial charge in [-0.15, -0.1) is 0 Å². The maximum atomic E-state index is 5.52. The summed E-state index contributed by atoms with van der Waals surface area (Å²) in [6, 6.07) is 22.6. The fourth-order valence-corrected chi connectivity index (χ4v) is 3.03. The topological polar surface area (TPSA) is 49.9 Å². The molecule has 4 nitrogen and oxygen atoms in total. The van der Waals surface area contributed by atoms with E-state index in [4.69, 9.17) is 4.74 Å². The largest absolute Gasteiger partial charge is 0.494 e. The molecule has 0 atom stereocenters. The molecule has 0 aliphatic rings. The van der Waals surface area contributed by atoms with Crippen molar-refractivity contribution >= 4 is 16.7 Å². The van der Waals surface area contributed by atoms with E-state index in [1.807, 2.05) is 37.4 Å². The Balaban J connectivity index is 1.60. The van der Waals surface area contributed by atoms with Crippen LogP contribution in [-0.2, 0) is 6.54 Å². The molecule has 0 radical (unpaired) electrons. The van der Waals surface area contributed by atoms with Crippen LogP contribution in [0.4, 0.5) is 5.69 Å². The van der Waals surface area contributed by atoms with Gasteiger partial charge >= 0.3 is 0 Å². The molecular formula is C22H21N3O. The van der Waals surface area contributed by atoms with E-state index in [-0.39, 0.29) is 0 Å². The summed E-state index contributed by atoms with van der Waals surface area (Å²) in [4.78, 5) is 7.88. The van der Waals surface area contributed by atoms with Crippen LogP contribution in [0.3, 0.4) is 0 Å². The molecule has 4 heteroatoms. The molecule has 0 fully saturated rings. The number of pyridine rings is 1. The van der Waals surface area contributed by atoms with Gasteiger partial charge in [0.05, 0.1) is 6.61 Å². The van der Waals surface area contributed by atoms with E-state index in [2.05, 4.69) is 57.7 Å². The normalized spacial score (nSPS) is 10.8. The number of rotatable bonds is 6. The second-order valence-electron chi connectivity index (χ2n) is 6.10. The van der Waals surface area contributed by atoms with E-state index in [0.717, 1.165) is 40.3 Å². The lowest BCUT2D eigenvalue weighted by atomic mass is 10.1. The summed E-state index contributed by atoms with van der Waals surface area (Å²) in [6.07, 6.45) is 1.83. The Morgan fingerprint density at radius 3 is 2.58 bits per heavy atom. The zero-order valence-electron chi connectivity index (χ0n) is 14.7. The van der Waals surface area contributed by atoms with Crippen LogP contribution in [0, 0.1) is 0 Å². The number of anilines is 1. The van der Waals surface area contributed by atoms with Crippen molar-refractivity contribution in [2.45, 2.75) is 13.5 Å². The lowest BCUT2D eigenvalue weighted by molar-refractivity contribution is 0.340. The molecule has 4 aromatic rings. The molecule has 2 aromatic heterocycles. The van der Waals surface area contributed by atoms with Gasteiger partial charge in [0.15, 0.2) is 0 Å². The van der Waals surface area contributed by atoms with Gasteiger partial charge < -0.3 is 15.0 Å². The predicted molar refractivity (Wildman–Crippen MR) is 106 cm³/mol. The molecule has 4 rings (SSSR count). The van der Waals surface area contributed by atoms with Crippen LogP contribution < -0.4 is 10.1 Å². The van der Waals surface area contributed by atoms with Crippen molar-refractivity contribution in [2.24, 2.45) is 0 Å². The lowest BCUT2D eigenvalue weighted by Gasteiger charge is -2.07. The standard InChI is InChI=1S/C22H21N3O/c1-2-26-18-10-8-17(9-11-18)21-14-19-20(12-13-23-22(19)25-21)24-15-16-6-4-3-5-7-16/h3-14H,2,15H2,1H3,(H2,23,24,25). The number of hydrogen-bond donors (Lipinski definition) is 2. The average molecular weight is 343 g/mol. The van der Waals surface area contributed by atoms with Gasteiger partial charge in [0, 0.05) is 29.5 Å². The number of nitrogens with zero attached hydrogens (tertiary/aromatic N) is 1. The van der Waals surface area contributed by atoms with E-state index >= 15 is 0 Å². The fraction of sp³-hybridized carbons (Fsp3) is 0.136. The summed E-state index contributed by atoms with van der Waals surface area (Å²) in [5.74, 6) is 0.885. The van der Waals surface area contributed by atoms with Crippen molar-refractivity contribution in [3.63, 3.8) is 0 Å². The van der Waals surface area contributed by atoms with Gasteiger partial charge in [0.25, 0.3) is 0 Å². The van der Waals surface area contributed by atoms with Gasteiger partial charge in [0.2, 0.25) is 0 Å². The number of aromatic amines is 1. The first-order chi connectivity index (χ1) is 12.8. The predicted octanol–water partition coefficient (Wildman–Crippen LogP) is 5.24. The van der Waals surface area contributed by atoms with E-state index in [0.29, 0.717) is 6.61 Å². The van der Waals surface area contributed by atoms with Crippen molar-refractivity contribution in [3.05, 3.63) is 78.5 Å². The zero-order valence-corrected chi connectivity index (χ0v) is 14.7. The Labute approximate surface area is 152 Å². The molecule has 2 N–H and O–H groups in total. The summed E-state index contributed by atoms with van der Waals surface area (Å²) in [5, 5.41) is 4.60. The highest BCUT2D eigenvalue weighted by Crippen LogP contribution is 2.29. The number of fused-ring (bicyclic) bond motifs is 1. The first-order valence-corrected chi connectivity index (χ1v) is 8.82. The molecule has 0 spiro atoms. The maximum Gasteiger partial charge on any atom is 0.139 e. The van der Waals surface area contributed by atoms with Crippen molar-refractivity contribution in [1.29, 1.82) is 0 Å². The van der Waals surface area contributed by atoms with Gasteiger partial charge in [-0.3, -0.25) is 0 Å². The summed E-state index contributed by atoms with van der Waals surface area (Å²) in [5.41, 5.74) is 5.36. The van der Waals surface area contributed by atoms with Gasteiger partial charge in [-0.25, -0.2) is 4.98 Å². The van der Waals surface area contributed by atoms with Crippen LogP contribution in [0.2, 0.25) is 0 Å². The molecular weight excluding hydrogens is 322 g/mol. The highest BCUT2D eigenvalue weighted by atomic mass is 16.5. The summed E-state index contributed by atoms with van der Waals surface area (Å²) in [6.45, 7) is 3.44. The third kappa shape index (κ3) is 3.40. The maximum absolute atomic E-state index is 5.52. The van der Waals surface area contributed by atoms with Gasteiger partial charge in [0.1, 0.15) is 11.4 Å². The molecule has 0 saturated heterocycles. The molecule has 0 bridgehead atoms. The lowest BCUT2D eigenvalue weighted by Crippen LogP contribution is -1.99. The Morgan fingerprint density at radius 2 is 1.81 bits per heavy atom. The van der Waals surface area contributed by atoms with Crippen molar-refractivity contribution < 1.29 is 4.74 Å². The molecule has 0 amide bonds. The summed E-state index contributed by atoms with van der Waals surface area (Å²) >= 11 is 0. The first kappa shape index (κ1) is 16.2. The highest BCUT2D eigenvalue weighted by Gasteiger charge is 2.08. The molecule has 0 saturated carbocycles. The summed E-state index contributed by atoms with van der Waals surface area (Å²) < 4.78 is 5.52. The molecule has 0 unspecified atom stereocenters. The molecule has 2 aromatic carbocycles. The van der Waals surface area contributed by atoms with E-state index < -0.39 is 0 Å². The smallest absolute Gasteiger partial charge is 0.139 e. The van der Waals surface area contributed by atoms with Crippen LogP contribution in [0.15, 0.2) is 72.9 Å². The van der Waals surface area contributed by atoms with Crippen LogP contribution in [0.1, 0.15) is 12.5 Å². The molecule has 130 valence electrons. The van der Waals surface area contributed by atoms with Crippen molar-refractivity contribution in [1.82, 2.24) is 9.97 Å². The molecule has 0 aliphatic carbocycles. The molecule has 2 heterocycles.